The summed E-state index contributed by atoms with van der Waals surface area (Å²) in [5.41, 5.74) is 1.34. The lowest BCUT2D eigenvalue weighted by Crippen LogP contribution is -2.35. The molecule has 1 fully saturated rings. The quantitative estimate of drug-likeness (QED) is 0.763. The van der Waals surface area contributed by atoms with Crippen LogP contribution in [0.3, 0.4) is 0 Å². The molecule has 0 bridgehead atoms. The zero-order chi connectivity index (χ0) is 17.6. The first-order chi connectivity index (χ1) is 12.1. The normalized spacial score (nSPS) is 16.4. The number of hydrogen-bond acceptors (Lipinski definition) is 4. The molecule has 1 aliphatic heterocycles. The van der Waals surface area contributed by atoms with E-state index in [9.17, 15) is 9.59 Å². The minimum atomic E-state index is -0.263. The van der Waals surface area contributed by atoms with E-state index in [1.807, 2.05) is 19.1 Å². The van der Waals surface area contributed by atoms with Gasteiger partial charge in [-0.2, -0.15) is 0 Å². The number of anilines is 2. The van der Waals surface area contributed by atoms with Gasteiger partial charge in [0.15, 0.2) is 0 Å². The molecule has 2 aromatic rings. The second-order valence-corrected chi connectivity index (χ2v) is 7.20. The molecule has 0 saturated carbocycles. The molecule has 1 aromatic heterocycles. The minimum Gasteiger partial charge on any atom is -0.376 e. The predicted octanol–water partition coefficient (Wildman–Crippen LogP) is 3.61. The van der Waals surface area contributed by atoms with Crippen molar-refractivity contribution >= 4 is 34.6 Å². The highest BCUT2D eigenvalue weighted by molar-refractivity contribution is 7.14. The number of benzene rings is 1. The van der Waals surface area contributed by atoms with Crippen LogP contribution in [0.5, 0.6) is 0 Å². The Morgan fingerprint density at radius 1 is 1.12 bits per heavy atom. The van der Waals surface area contributed by atoms with E-state index in [1.54, 1.807) is 24.3 Å². The summed E-state index contributed by atoms with van der Waals surface area (Å²) < 4.78 is 5.46. The van der Waals surface area contributed by atoms with Gasteiger partial charge in [0.2, 0.25) is 0 Å². The summed E-state index contributed by atoms with van der Waals surface area (Å²) in [7, 11) is 0. The van der Waals surface area contributed by atoms with E-state index >= 15 is 0 Å². The Balaban J connectivity index is 1.48. The van der Waals surface area contributed by atoms with Gasteiger partial charge in [-0.1, -0.05) is 0 Å². The highest BCUT2D eigenvalue weighted by atomic mass is 32.1. The van der Waals surface area contributed by atoms with Crippen molar-refractivity contribution < 1.29 is 14.3 Å². The third kappa shape index (κ3) is 5.04. The molecule has 0 radical (unpaired) electrons. The summed E-state index contributed by atoms with van der Waals surface area (Å²) in [5.74, 6) is -0.131. The molecule has 1 aliphatic rings. The van der Waals surface area contributed by atoms with E-state index in [0.29, 0.717) is 22.8 Å². The van der Waals surface area contributed by atoms with Crippen molar-refractivity contribution in [3.8, 4) is 0 Å². The number of aryl methyl sites for hydroxylation is 1. The van der Waals surface area contributed by atoms with Gasteiger partial charge < -0.3 is 20.7 Å². The average molecular weight is 359 g/mol. The third-order valence-corrected chi connectivity index (χ3v) is 4.88. The van der Waals surface area contributed by atoms with Gasteiger partial charge in [-0.15, -0.1) is 11.3 Å². The van der Waals surface area contributed by atoms with Gasteiger partial charge >= 0.3 is 6.03 Å². The molecule has 0 aliphatic carbocycles. The van der Waals surface area contributed by atoms with Crippen molar-refractivity contribution in [1.82, 2.24) is 5.32 Å². The number of rotatable bonds is 5. The van der Waals surface area contributed by atoms with E-state index in [1.165, 1.54) is 11.3 Å². The van der Waals surface area contributed by atoms with E-state index < -0.39 is 0 Å². The molecule has 1 atom stereocenters. The molecule has 25 heavy (non-hydrogen) atoms. The Kier molecular flexibility index (Phi) is 5.67. The maximum absolute atomic E-state index is 12.1. The molecular weight excluding hydrogens is 338 g/mol. The monoisotopic (exact) mass is 359 g/mol. The SMILES string of the molecule is Cc1ccc(C(=O)Nc2ccc(NC(=O)NCC3CCCO3)cc2)s1. The number of ether oxygens (including phenoxy) is 1. The summed E-state index contributed by atoms with van der Waals surface area (Å²) in [6.07, 6.45) is 2.15. The Morgan fingerprint density at radius 3 is 2.44 bits per heavy atom. The van der Waals surface area contributed by atoms with Crippen molar-refractivity contribution in [1.29, 1.82) is 0 Å². The average Bonchev–Trinajstić information content (AvgIpc) is 3.26. The molecule has 3 rings (SSSR count). The molecule has 0 spiro atoms. The van der Waals surface area contributed by atoms with Gasteiger partial charge in [0.1, 0.15) is 0 Å². The molecule has 2 heterocycles. The van der Waals surface area contributed by atoms with Gasteiger partial charge in [0.05, 0.1) is 11.0 Å². The van der Waals surface area contributed by atoms with Crippen molar-refractivity contribution in [3.63, 3.8) is 0 Å². The van der Waals surface area contributed by atoms with Crippen LogP contribution in [-0.2, 0) is 4.74 Å². The van der Waals surface area contributed by atoms with Gasteiger partial charge in [0, 0.05) is 29.4 Å². The molecule has 1 saturated heterocycles. The van der Waals surface area contributed by atoms with Crippen LogP contribution in [0.4, 0.5) is 16.2 Å². The zero-order valence-electron chi connectivity index (χ0n) is 14.0. The number of hydrogen-bond donors (Lipinski definition) is 3. The fourth-order valence-electron chi connectivity index (χ4n) is 2.57. The van der Waals surface area contributed by atoms with Crippen LogP contribution >= 0.6 is 11.3 Å². The Hall–Kier alpha value is -2.38. The molecular formula is C18H21N3O3S. The lowest BCUT2D eigenvalue weighted by Gasteiger charge is -2.12. The van der Waals surface area contributed by atoms with E-state index in [0.717, 1.165) is 24.3 Å². The third-order valence-electron chi connectivity index (χ3n) is 3.88. The summed E-state index contributed by atoms with van der Waals surface area (Å²) in [6.45, 7) is 3.25. The van der Waals surface area contributed by atoms with Crippen LogP contribution < -0.4 is 16.0 Å². The van der Waals surface area contributed by atoms with E-state index in [2.05, 4.69) is 16.0 Å². The standard InChI is InChI=1S/C18H21N3O3S/c1-12-4-9-16(25-12)17(22)20-13-5-7-14(8-6-13)21-18(23)19-11-15-3-2-10-24-15/h4-9,15H,2-3,10-11H2,1H3,(H,20,22)(H2,19,21,23). The lowest BCUT2D eigenvalue weighted by molar-refractivity contribution is 0.103. The second-order valence-electron chi connectivity index (χ2n) is 5.91. The number of thiophene rings is 1. The molecule has 1 aromatic carbocycles. The highest BCUT2D eigenvalue weighted by Crippen LogP contribution is 2.18. The number of urea groups is 1. The van der Waals surface area contributed by atoms with Gasteiger partial charge in [-0.3, -0.25) is 4.79 Å². The first-order valence-electron chi connectivity index (χ1n) is 8.24. The maximum Gasteiger partial charge on any atom is 0.319 e. The summed E-state index contributed by atoms with van der Waals surface area (Å²) >= 11 is 1.45. The number of nitrogens with one attached hydrogen (secondary N) is 3. The smallest absolute Gasteiger partial charge is 0.319 e. The summed E-state index contributed by atoms with van der Waals surface area (Å²) in [5, 5.41) is 8.41. The molecule has 7 heteroatoms. The van der Waals surface area contributed by atoms with Crippen LogP contribution in [-0.4, -0.2) is 31.2 Å². The Bertz CT molecular complexity index is 736. The van der Waals surface area contributed by atoms with Crippen LogP contribution in [0.15, 0.2) is 36.4 Å². The Labute approximate surface area is 150 Å². The second kappa shape index (κ2) is 8.13. The Morgan fingerprint density at radius 2 is 1.84 bits per heavy atom. The fourth-order valence-corrected chi connectivity index (χ4v) is 3.34. The zero-order valence-corrected chi connectivity index (χ0v) is 14.8. The van der Waals surface area contributed by atoms with Crippen molar-refractivity contribution in [3.05, 3.63) is 46.2 Å². The largest absolute Gasteiger partial charge is 0.376 e. The van der Waals surface area contributed by atoms with Crippen LogP contribution in [0, 0.1) is 6.92 Å². The van der Waals surface area contributed by atoms with E-state index in [-0.39, 0.29) is 18.0 Å². The predicted molar refractivity (Wildman–Crippen MR) is 99.4 cm³/mol. The molecule has 6 nitrogen and oxygen atoms in total. The topological polar surface area (TPSA) is 79.5 Å². The first-order valence-corrected chi connectivity index (χ1v) is 9.06. The molecule has 3 N–H and O–H groups in total. The highest BCUT2D eigenvalue weighted by Gasteiger charge is 2.16. The number of carbonyl (C=O) groups is 2. The molecule has 3 amide bonds. The van der Waals surface area contributed by atoms with Gasteiger partial charge in [0.25, 0.3) is 5.91 Å². The molecule has 1 unspecified atom stereocenters. The van der Waals surface area contributed by atoms with Crippen molar-refractivity contribution in [2.24, 2.45) is 0 Å². The lowest BCUT2D eigenvalue weighted by atomic mass is 10.2. The van der Waals surface area contributed by atoms with E-state index in [4.69, 9.17) is 4.74 Å². The van der Waals surface area contributed by atoms with Crippen molar-refractivity contribution in [2.75, 3.05) is 23.8 Å². The number of amides is 3. The maximum atomic E-state index is 12.1. The van der Waals surface area contributed by atoms with Crippen molar-refractivity contribution in [2.45, 2.75) is 25.9 Å². The van der Waals surface area contributed by atoms with Gasteiger partial charge in [-0.25, -0.2) is 4.79 Å². The summed E-state index contributed by atoms with van der Waals surface area (Å²) in [6, 6.07) is 10.5. The van der Waals surface area contributed by atoms with Gasteiger partial charge in [-0.05, 0) is 56.2 Å². The van der Waals surface area contributed by atoms with Crippen LogP contribution in [0.2, 0.25) is 0 Å². The fraction of sp³-hybridized carbons (Fsp3) is 0.333. The molecule has 132 valence electrons. The minimum absolute atomic E-state index is 0.115. The first kappa shape index (κ1) is 17.4. The number of carbonyl (C=O) groups excluding carboxylic acids is 2. The van der Waals surface area contributed by atoms with Crippen LogP contribution in [0.25, 0.3) is 0 Å². The van der Waals surface area contributed by atoms with Crippen LogP contribution in [0.1, 0.15) is 27.4 Å². The summed E-state index contributed by atoms with van der Waals surface area (Å²) in [4.78, 5) is 25.8.